The number of ketones is 1. The molecule has 3 rings (SSSR count). The van der Waals surface area contributed by atoms with Crippen LogP contribution in [-0.2, 0) is 6.42 Å². The minimum absolute atomic E-state index is 0.0996. The quantitative estimate of drug-likeness (QED) is 0.864. The molecule has 2 aliphatic rings. The lowest BCUT2D eigenvalue weighted by Crippen LogP contribution is -2.49. The molecule has 1 aromatic carbocycles. The lowest BCUT2D eigenvalue weighted by molar-refractivity contribution is 0.00209. The number of Topliss-reactive ketones (excluding diaryl/α,β-unsaturated/α-hetero) is 1. The Kier molecular flexibility index (Phi) is 3.50. The minimum atomic E-state index is -3.31. The largest absolute Gasteiger partial charge is 0.465 e. The van der Waals surface area contributed by atoms with Crippen LogP contribution in [0, 0.1) is 0 Å². The summed E-state index contributed by atoms with van der Waals surface area (Å²) >= 11 is 0. The zero-order valence-corrected chi connectivity index (χ0v) is 11.9. The molecule has 0 saturated carbocycles. The van der Waals surface area contributed by atoms with Gasteiger partial charge in [-0.1, -0.05) is 12.1 Å². The van der Waals surface area contributed by atoms with E-state index in [2.05, 4.69) is 0 Å². The smallest absolute Gasteiger partial charge is 0.407 e. The van der Waals surface area contributed by atoms with Crippen molar-refractivity contribution in [1.29, 1.82) is 0 Å². The molecular formula is C15H16F2N2O3. The van der Waals surface area contributed by atoms with Crippen molar-refractivity contribution in [2.45, 2.75) is 18.8 Å². The number of aryl methyl sites for hydroxylation is 1. The molecule has 1 saturated heterocycles. The molecule has 1 aromatic rings. The SMILES string of the molecule is O=C(O)N1CCN(c2cccc3c2C(=O)C(F)(F)CC3)CC1. The van der Waals surface area contributed by atoms with Gasteiger partial charge in [0.15, 0.2) is 0 Å². The number of halogens is 2. The molecule has 0 radical (unpaired) electrons. The van der Waals surface area contributed by atoms with E-state index in [4.69, 9.17) is 5.11 Å². The predicted molar refractivity (Wildman–Crippen MR) is 75.9 cm³/mol. The number of amides is 1. The van der Waals surface area contributed by atoms with Crippen LogP contribution in [0.15, 0.2) is 18.2 Å². The number of rotatable bonds is 1. The molecule has 0 atom stereocenters. The van der Waals surface area contributed by atoms with E-state index in [1.54, 1.807) is 18.2 Å². The molecule has 7 heteroatoms. The van der Waals surface area contributed by atoms with Crippen molar-refractivity contribution in [2.24, 2.45) is 0 Å². The number of fused-ring (bicyclic) bond motifs is 1. The van der Waals surface area contributed by atoms with Crippen LogP contribution in [0.3, 0.4) is 0 Å². The van der Waals surface area contributed by atoms with Crippen LogP contribution in [0.5, 0.6) is 0 Å². The summed E-state index contributed by atoms with van der Waals surface area (Å²) in [6, 6.07) is 5.13. The first kappa shape index (κ1) is 14.7. The van der Waals surface area contributed by atoms with Gasteiger partial charge in [0, 0.05) is 38.3 Å². The van der Waals surface area contributed by atoms with Crippen molar-refractivity contribution in [2.75, 3.05) is 31.1 Å². The summed E-state index contributed by atoms with van der Waals surface area (Å²) in [5, 5.41) is 8.95. The third kappa shape index (κ3) is 2.40. The molecule has 1 amide bonds. The second kappa shape index (κ2) is 5.23. The minimum Gasteiger partial charge on any atom is -0.465 e. The Hall–Kier alpha value is -2.18. The third-order valence-electron chi connectivity index (χ3n) is 4.29. The van der Waals surface area contributed by atoms with E-state index < -0.39 is 24.2 Å². The molecular weight excluding hydrogens is 294 g/mol. The topological polar surface area (TPSA) is 60.9 Å². The molecule has 5 nitrogen and oxygen atoms in total. The number of alkyl halides is 2. The number of nitrogens with zero attached hydrogens (tertiary/aromatic N) is 2. The third-order valence-corrected chi connectivity index (χ3v) is 4.29. The van der Waals surface area contributed by atoms with Gasteiger partial charge in [-0.3, -0.25) is 4.79 Å². The number of anilines is 1. The fourth-order valence-corrected chi connectivity index (χ4v) is 3.05. The van der Waals surface area contributed by atoms with E-state index in [0.29, 0.717) is 37.4 Å². The molecule has 1 aliphatic heterocycles. The van der Waals surface area contributed by atoms with Crippen molar-refractivity contribution in [3.8, 4) is 0 Å². The average Bonchev–Trinajstić information content (AvgIpc) is 2.51. The van der Waals surface area contributed by atoms with Crippen LogP contribution in [0.4, 0.5) is 19.3 Å². The fraction of sp³-hybridized carbons (Fsp3) is 0.467. The second-order valence-corrected chi connectivity index (χ2v) is 5.60. The van der Waals surface area contributed by atoms with Crippen LogP contribution in [0.2, 0.25) is 0 Å². The van der Waals surface area contributed by atoms with Gasteiger partial charge in [0.2, 0.25) is 5.78 Å². The van der Waals surface area contributed by atoms with Crippen molar-refractivity contribution in [1.82, 2.24) is 4.90 Å². The van der Waals surface area contributed by atoms with Gasteiger partial charge < -0.3 is 14.9 Å². The standard InChI is InChI=1S/C15H16F2N2O3/c16-15(17)5-4-10-2-1-3-11(12(10)13(15)20)18-6-8-19(9-7-18)14(21)22/h1-3H,4-9H2,(H,21,22). The van der Waals surface area contributed by atoms with E-state index >= 15 is 0 Å². The van der Waals surface area contributed by atoms with Gasteiger partial charge in [-0.2, -0.15) is 8.78 Å². The molecule has 22 heavy (non-hydrogen) atoms. The number of benzene rings is 1. The van der Waals surface area contributed by atoms with Crippen molar-refractivity contribution >= 4 is 17.6 Å². The lowest BCUT2D eigenvalue weighted by Gasteiger charge is -2.37. The Labute approximate surface area is 126 Å². The Balaban J connectivity index is 1.91. The summed E-state index contributed by atoms with van der Waals surface area (Å²) in [5.74, 6) is -4.43. The van der Waals surface area contributed by atoms with E-state index in [0.717, 1.165) is 0 Å². The van der Waals surface area contributed by atoms with Gasteiger partial charge >= 0.3 is 12.0 Å². The first-order valence-electron chi connectivity index (χ1n) is 7.17. The summed E-state index contributed by atoms with van der Waals surface area (Å²) in [6.45, 7) is 1.37. The highest BCUT2D eigenvalue weighted by Gasteiger charge is 2.45. The van der Waals surface area contributed by atoms with Gasteiger partial charge in [-0.05, 0) is 18.1 Å². The molecule has 0 spiro atoms. The first-order valence-corrected chi connectivity index (χ1v) is 7.17. The Bertz CT molecular complexity index is 625. The zero-order valence-electron chi connectivity index (χ0n) is 11.9. The molecule has 1 heterocycles. The molecule has 1 N–H and O–H groups in total. The summed E-state index contributed by atoms with van der Waals surface area (Å²) in [4.78, 5) is 26.1. The van der Waals surface area contributed by atoms with E-state index in [1.165, 1.54) is 4.90 Å². The Morgan fingerprint density at radius 3 is 2.50 bits per heavy atom. The predicted octanol–water partition coefficient (Wildman–Crippen LogP) is 2.25. The van der Waals surface area contributed by atoms with E-state index in [-0.39, 0.29) is 12.0 Å². The van der Waals surface area contributed by atoms with Crippen LogP contribution in [-0.4, -0.2) is 54.0 Å². The maximum Gasteiger partial charge on any atom is 0.407 e. The summed E-state index contributed by atoms with van der Waals surface area (Å²) in [5.41, 5.74) is 1.24. The van der Waals surface area contributed by atoms with Gasteiger partial charge in [-0.25, -0.2) is 4.79 Å². The lowest BCUT2D eigenvalue weighted by atomic mass is 9.86. The molecule has 1 fully saturated rings. The molecule has 1 aliphatic carbocycles. The van der Waals surface area contributed by atoms with Crippen molar-refractivity contribution in [3.63, 3.8) is 0 Å². The fourth-order valence-electron chi connectivity index (χ4n) is 3.05. The average molecular weight is 310 g/mol. The Morgan fingerprint density at radius 1 is 1.18 bits per heavy atom. The van der Waals surface area contributed by atoms with Crippen molar-refractivity contribution in [3.05, 3.63) is 29.3 Å². The maximum atomic E-state index is 13.7. The van der Waals surface area contributed by atoms with Gasteiger partial charge in [-0.15, -0.1) is 0 Å². The number of carbonyl (C=O) groups is 2. The molecule has 0 bridgehead atoms. The van der Waals surface area contributed by atoms with Crippen molar-refractivity contribution < 1.29 is 23.5 Å². The van der Waals surface area contributed by atoms with Crippen LogP contribution in [0.1, 0.15) is 22.3 Å². The second-order valence-electron chi connectivity index (χ2n) is 5.60. The van der Waals surface area contributed by atoms with Gasteiger partial charge in [0.1, 0.15) is 0 Å². The first-order chi connectivity index (χ1) is 10.4. The number of carbonyl (C=O) groups excluding carboxylic acids is 1. The molecule has 0 unspecified atom stereocenters. The van der Waals surface area contributed by atoms with Gasteiger partial charge in [0.25, 0.3) is 0 Å². The zero-order chi connectivity index (χ0) is 15.9. The highest BCUT2D eigenvalue weighted by molar-refractivity contribution is 6.08. The molecule has 0 aromatic heterocycles. The highest BCUT2D eigenvalue weighted by Crippen LogP contribution is 2.38. The monoisotopic (exact) mass is 310 g/mol. The summed E-state index contributed by atoms with van der Waals surface area (Å²) in [7, 11) is 0. The number of carboxylic acid groups (broad SMARTS) is 1. The van der Waals surface area contributed by atoms with Crippen LogP contribution < -0.4 is 4.90 Å². The number of hydrogen-bond acceptors (Lipinski definition) is 3. The Morgan fingerprint density at radius 2 is 1.86 bits per heavy atom. The van der Waals surface area contributed by atoms with Crippen LogP contribution >= 0.6 is 0 Å². The van der Waals surface area contributed by atoms with Crippen LogP contribution in [0.25, 0.3) is 0 Å². The molecule has 118 valence electrons. The highest BCUT2D eigenvalue weighted by atomic mass is 19.3. The summed E-state index contributed by atoms with van der Waals surface area (Å²) < 4.78 is 27.5. The normalized spacial score (nSPS) is 20.7. The number of hydrogen-bond donors (Lipinski definition) is 1. The number of piperazine rings is 1. The van der Waals surface area contributed by atoms with Gasteiger partial charge in [0.05, 0.1) is 5.56 Å². The van der Waals surface area contributed by atoms with E-state index in [1.807, 2.05) is 4.90 Å². The maximum absolute atomic E-state index is 13.7. The summed E-state index contributed by atoms with van der Waals surface area (Å²) in [6.07, 6.45) is -1.26. The van der Waals surface area contributed by atoms with E-state index in [9.17, 15) is 18.4 Å².